The molecular formula is C12H26N2. The van der Waals surface area contributed by atoms with Gasteiger partial charge in [0.15, 0.2) is 0 Å². The molecule has 0 bridgehead atoms. The highest BCUT2D eigenvalue weighted by Crippen LogP contribution is 2.22. The van der Waals surface area contributed by atoms with Gasteiger partial charge < -0.3 is 10.2 Å². The zero-order chi connectivity index (χ0) is 10.6. The maximum absolute atomic E-state index is 3.43. The summed E-state index contributed by atoms with van der Waals surface area (Å²) < 4.78 is 0. The molecule has 1 unspecified atom stereocenters. The van der Waals surface area contributed by atoms with Crippen molar-refractivity contribution in [3.63, 3.8) is 0 Å². The largest absolute Gasteiger partial charge is 0.317 e. The van der Waals surface area contributed by atoms with E-state index in [-0.39, 0.29) is 0 Å². The topological polar surface area (TPSA) is 15.3 Å². The molecule has 1 aliphatic rings. The van der Waals surface area contributed by atoms with E-state index < -0.39 is 0 Å². The molecule has 0 aromatic rings. The Morgan fingerprint density at radius 3 is 2.29 bits per heavy atom. The molecule has 1 N–H and O–H groups in total. The van der Waals surface area contributed by atoms with Crippen LogP contribution in [0.2, 0.25) is 0 Å². The lowest BCUT2D eigenvalue weighted by Crippen LogP contribution is -2.37. The van der Waals surface area contributed by atoms with Gasteiger partial charge in [-0.05, 0) is 58.7 Å². The summed E-state index contributed by atoms with van der Waals surface area (Å²) in [6.07, 6.45) is 2.74. The van der Waals surface area contributed by atoms with E-state index in [4.69, 9.17) is 0 Å². The van der Waals surface area contributed by atoms with Crippen LogP contribution in [-0.4, -0.2) is 37.6 Å². The molecule has 0 radical (unpaired) electrons. The van der Waals surface area contributed by atoms with Crippen molar-refractivity contribution in [3.05, 3.63) is 0 Å². The third-order valence-corrected chi connectivity index (χ3v) is 3.65. The van der Waals surface area contributed by atoms with Gasteiger partial charge in [-0.2, -0.15) is 0 Å². The summed E-state index contributed by atoms with van der Waals surface area (Å²) in [6.45, 7) is 10.7. The van der Waals surface area contributed by atoms with Crippen LogP contribution in [0.5, 0.6) is 0 Å². The molecule has 84 valence electrons. The second kappa shape index (κ2) is 5.72. The summed E-state index contributed by atoms with van der Waals surface area (Å²) in [4.78, 5) is 2.46. The maximum Gasteiger partial charge on any atom is 0.00356 e. The van der Waals surface area contributed by atoms with Crippen LogP contribution in [0.25, 0.3) is 0 Å². The fourth-order valence-electron chi connectivity index (χ4n) is 2.23. The van der Waals surface area contributed by atoms with E-state index in [0.717, 1.165) is 11.8 Å². The number of piperidine rings is 1. The summed E-state index contributed by atoms with van der Waals surface area (Å²) in [5.41, 5.74) is 0. The van der Waals surface area contributed by atoms with Crippen LogP contribution < -0.4 is 5.32 Å². The van der Waals surface area contributed by atoms with Gasteiger partial charge in [-0.3, -0.25) is 0 Å². The fraction of sp³-hybridized carbons (Fsp3) is 1.00. The van der Waals surface area contributed by atoms with E-state index in [2.05, 4.69) is 38.0 Å². The molecule has 1 rings (SSSR count). The minimum atomic E-state index is 0.680. The summed E-state index contributed by atoms with van der Waals surface area (Å²) in [7, 11) is 2.24. The molecule has 1 aliphatic heterocycles. The minimum Gasteiger partial charge on any atom is -0.317 e. The van der Waals surface area contributed by atoms with Crippen LogP contribution in [0.3, 0.4) is 0 Å². The van der Waals surface area contributed by atoms with E-state index in [1.165, 1.54) is 32.5 Å². The number of hydrogen-bond acceptors (Lipinski definition) is 2. The Morgan fingerprint density at radius 2 is 1.79 bits per heavy atom. The third kappa shape index (κ3) is 3.58. The lowest BCUT2D eigenvalue weighted by Gasteiger charge is -2.32. The quantitative estimate of drug-likeness (QED) is 0.743. The average molecular weight is 198 g/mol. The molecule has 2 nitrogen and oxygen atoms in total. The monoisotopic (exact) mass is 198 g/mol. The smallest absolute Gasteiger partial charge is 0.00356 e. The first-order valence-corrected chi connectivity index (χ1v) is 6.02. The molecule has 14 heavy (non-hydrogen) atoms. The van der Waals surface area contributed by atoms with E-state index in [9.17, 15) is 0 Å². The van der Waals surface area contributed by atoms with Gasteiger partial charge in [0.25, 0.3) is 0 Å². The van der Waals surface area contributed by atoms with Gasteiger partial charge in [-0.1, -0.05) is 6.92 Å². The first-order chi connectivity index (χ1) is 6.61. The van der Waals surface area contributed by atoms with Crippen LogP contribution >= 0.6 is 0 Å². The Labute approximate surface area is 89.1 Å². The van der Waals surface area contributed by atoms with Crippen LogP contribution in [0.1, 0.15) is 33.6 Å². The van der Waals surface area contributed by atoms with Gasteiger partial charge in [-0.15, -0.1) is 0 Å². The van der Waals surface area contributed by atoms with Crippen LogP contribution in [0.15, 0.2) is 0 Å². The third-order valence-electron chi connectivity index (χ3n) is 3.65. The second-order valence-electron chi connectivity index (χ2n) is 5.10. The van der Waals surface area contributed by atoms with Crippen molar-refractivity contribution in [2.24, 2.45) is 11.8 Å². The Morgan fingerprint density at radius 1 is 1.21 bits per heavy atom. The van der Waals surface area contributed by atoms with Gasteiger partial charge in [0, 0.05) is 12.6 Å². The number of nitrogens with one attached hydrogen (secondary N) is 1. The zero-order valence-corrected chi connectivity index (χ0v) is 10.2. The Kier molecular flexibility index (Phi) is 4.90. The summed E-state index contributed by atoms with van der Waals surface area (Å²) in [6, 6.07) is 0.680. The first-order valence-electron chi connectivity index (χ1n) is 6.02. The molecule has 0 saturated carbocycles. The van der Waals surface area contributed by atoms with Gasteiger partial charge in [-0.25, -0.2) is 0 Å². The molecule has 0 spiro atoms. The van der Waals surface area contributed by atoms with Gasteiger partial charge >= 0.3 is 0 Å². The van der Waals surface area contributed by atoms with E-state index in [1.807, 2.05) is 0 Å². The number of hydrogen-bond donors (Lipinski definition) is 1. The highest BCUT2D eigenvalue weighted by molar-refractivity contribution is 4.75. The standard InChI is InChI=1S/C12H26N2/c1-10(2)14(4)9-11(3)12-5-7-13-8-6-12/h10-13H,5-9H2,1-4H3. The summed E-state index contributed by atoms with van der Waals surface area (Å²) in [5.74, 6) is 1.79. The molecule has 2 heteroatoms. The van der Waals surface area contributed by atoms with E-state index in [0.29, 0.717) is 6.04 Å². The molecule has 1 fully saturated rings. The lowest BCUT2D eigenvalue weighted by molar-refractivity contribution is 0.178. The fourth-order valence-corrected chi connectivity index (χ4v) is 2.23. The van der Waals surface area contributed by atoms with Crippen LogP contribution in [0.4, 0.5) is 0 Å². The van der Waals surface area contributed by atoms with Crippen LogP contribution in [-0.2, 0) is 0 Å². The normalized spacial score (nSPS) is 21.9. The second-order valence-corrected chi connectivity index (χ2v) is 5.10. The van der Waals surface area contributed by atoms with Crippen molar-refractivity contribution in [1.82, 2.24) is 10.2 Å². The molecule has 1 saturated heterocycles. The van der Waals surface area contributed by atoms with Crippen molar-refractivity contribution in [2.75, 3.05) is 26.7 Å². The molecule has 0 aliphatic carbocycles. The van der Waals surface area contributed by atoms with Crippen molar-refractivity contribution in [2.45, 2.75) is 39.7 Å². The van der Waals surface area contributed by atoms with Crippen molar-refractivity contribution in [3.8, 4) is 0 Å². The predicted molar refractivity (Wildman–Crippen MR) is 62.5 cm³/mol. The van der Waals surface area contributed by atoms with E-state index >= 15 is 0 Å². The summed E-state index contributed by atoms with van der Waals surface area (Å²) >= 11 is 0. The molecule has 0 amide bonds. The lowest BCUT2D eigenvalue weighted by atomic mass is 9.85. The Balaban J connectivity index is 2.28. The van der Waals surface area contributed by atoms with Crippen molar-refractivity contribution < 1.29 is 0 Å². The Bertz CT molecular complexity index is 150. The van der Waals surface area contributed by atoms with E-state index in [1.54, 1.807) is 0 Å². The van der Waals surface area contributed by atoms with Crippen molar-refractivity contribution >= 4 is 0 Å². The molecule has 1 atom stereocenters. The highest BCUT2D eigenvalue weighted by Gasteiger charge is 2.21. The number of rotatable bonds is 4. The average Bonchev–Trinajstić information content (AvgIpc) is 2.19. The van der Waals surface area contributed by atoms with Crippen LogP contribution in [0, 0.1) is 11.8 Å². The SMILES string of the molecule is CC(CN(C)C(C)C)C1CCNCC1. The number of nitrogens with zero attached hydrogens (tertiary/aromatic N) is 1. The minimum absolute atomic E-state index is 0.680. The molecule has 0 aromatic heterocycles. The summed E-state index contributed by atoms with van der Waals surface area (Å²) in [5, 5.41) is 3.43. The first kappa shape index (κ1) is 12.0. The molecular weight excluding hydrogens is 172 g/mol. The molecule has 0 aromatic carbocycles. The predicted octanol–water partition coefficient (Wildman–Crippen LogP) is 1.96. The highest BCUT2D eigenvalue weighted by atomic mass is 15.1. The maximum atomic E-state index is 3.43. The molecule has 1 heterocycles. The van der Waals surface area contributed by atoms with Gasteiger partial charge in [0.2, 0.25) is 0 Å². The van der Waals surface area contributed by atoms with Gasteiger partial charge in [0.05, 0.1) is 0 Å². The Hall–Kier alpha value is -0.0800. The zero-order valence-electron chi connectivity index (χ0n) is 10.2. The van der Waals surface area contributed by atoms with Crippen molar-refractivity contribution in [1.29, 1.82) is 0 Å². The van der Waals surface area contributed by atoms with Gasteiger partial charge in [0.1, 0.15) is 0 Å².